The van der Waals surface area contributed by atoms with Crippen LogP contribution >= 0.6 is 69.3 Å². The quantitative estimate of drug-likeness (QED) is 0.215. The van der Waals surface area contributed by atoms with Gasteiger partial charge in [-0.15, -0.1) is 0 Å². The first kappa shape index (κ1) is 18.9. The number of benzene rings is 1. The van der Waals surface area contributed by atoms with Crippen molar-refractivity contribution in [3.8, 4) is 0 Å². The van der Waals surface area contributed by atoms with E-state index < -0.39 is 17.4 Å². The van der Waals surface area contributed by atoms with E-state index in [9.17, 15) is 14.4 Å². The summed E-state index contributed by atoms with van der Waals surface area (Å²) in [4.78, 5) is 45.5. The summed E-state index contributed by atoms with van der Waals surface area (Å²) in [6.45, 7) is 0. The van der Waals surface area contributed by atoms with Gasteiger partial charge in [-0.2, -0.15) is 7.68 Å². The summed E-state index contributed by atoms with van der Waals surface area (Å²) < 4.78 is 3.12. The van der Waals surface area contributed by atoms with Crippen LogP contribution in [0.25, 0.3) is 11.2 Å². The van der Waals surface area contributed by atoms with Gasteiger partial charge < -0.3 is 0 Å². The van der Waals surface area contributed by atoms with Crippen LogP contribution in [-0.2, 0) is 7.05 Å². The molecule has 3 aromatic rings. The van der Waals surface area contributed by atoms with Crippen molar-refractivity contribution in [2.24, 2.45) is 7.05 Å². The van der Waals surface area contributed by atoms with Gasteiger partial charge in [-0.3, -0.25) is 23.9 Å². The number of amides is 2. The normalized spacial score (nSPS) is 13.8. The van der Waals surface area contributed by atoms with Gasteiger partial charge in [0, 0.05) is 0 Å². The lowest BCUT2D eigenvalue weighted by molar-refractivity contribution is -0.412. The van der Waals surface area contributed by atoms with Crippen LogP contribution in [0.4, 0.5) is 5.95 Å². The van der Waals surface area contributed by atoms with Gasteiger partial charge in [0.05, 0.1) is 38.3 Å². The SMILES string of the molecule is Cn1c[n+](I)c2nc(N3C(=O)c4c(Cl)c(Cl)c(Cl)c(Cl)c4C3=O)[nH]c(=O)c21. The maximum absolute atomic E-state index is 12.9. The molecule has 0 radical (unpaired) electrons. The minimum absolute atomic E-state index is 0.143. The fraction of sp³-hybridized carbons (Fsp3) is 0.0714. The average Bonchev–Trinajstić information content (AvgIpc) is 3.04. The summed E-state index contributed by atoms with van der Waals surface area (Å²) in [5.41, 5.74) is -0.384. The largest absolute Gasteiger partial charge is 0.320 e. The Hall–Kier alpha value is -1.40. The molecule has 8 nitrogen and oxygen atoms in total. The van der Waals surface area contributed by atoms with Crippen LogP contribution in [0.5, 0.6) is 0 Å². The Balaban J connectivity index is 1.98. The number of aryl methyl sites for hydroxylation is 1. The summed E-state index contributed by atoms with van der Waals surface area (Å²) in [6.07, 6.45) is 1.62. The summed E-state index contributed by atoms with van der Waals surface area (Å²) in [7, 11) is 1.67. The van der Waals surface area contributed by atoms with Gasteiger partial charge in [0.2, 0.25) is 5.52 Å². The van der Waals surface area contributed by atoms with Gasteiger partial charge in [0.25, 0.3) is 23.3 Å². The lowest BCUT2D eigenvalue weighted by atomic mass is 10.1. The number of nitrogens with zero attached hydrogens (tertiary/aromatic N) is 4. The fourth-order valence-electron chi connectivity index (χ4n) is 2.82. The molecule has 0 saturated carbocycles. The molecule has 0 bridgehead atoms. The van der Waals surface area contributed by atoms with Gasteiger partial charge in [-0.05, 0) is 0 Å². The number of carbonyl (C=O) groups excluding carboxylic acids is 2. The Morgan fingerprint density at radius 1 is 1.00 bits per heavy atom. The molecule has 1 aromatic carbocycles. The number of H-pyrrole nitrogens is 1. The Morgan fingerprint density at radius 2 is 1.52 bits per heavy atom. The highest BCUT2D eigenvalue weighted by Crippen LogP contribution is 2.45. The number of carbonyl (C=O) groups is 2. The first-order chi connectivity index (χ1) is 12.6. The third kappa shape index (κ3) is 2.52. The minimum atomic E-state index is -0.820. The number of imide groups is 1. The molecule has 2 aromatic heterocycles. The van der Waals surface area contributed by atoms with E-state index in [1.807, 2.05) is 22.9 Å². The Morgan fingerprint density at radius 3 is 2.04 bits per heavy atom. The highest BCUT2D eigenvalue weighted by Gasteiger charge is 2.45. The molecule has 0 fully saturated rings. The number of anilines is 1. The molecule has 0 saturated heterocycles. The molecule has 0 atom stereocenters. The summed E-state index contributed by atoms with van der Waals surface area (Å²) in [5, 5.41) is -0.687. The molecule has 1 N–H and O–H groups in total. The second-order valence-corrected chi connectivity index (χ2v) is 8.10. The van der Waals surface area contributed by atoms with E-state index in [2.05, 4.69) is 9.97 Å². The Bertz CT molecular complexity index is 1220. The van der Waals surface area contributed by atoms with Gasteiger partial charge in [0.1, 0.15) is 0 Å². The Kier molecular flexibility index (Phi) is 4.43. The first-order valence-electron chi connectivity index (χ1n) is 7.07. The van der Waals surface area contributed by atoms with Crippen LogP contribution in [0.1, 0.15) is 20.7 Å². The lowest BCUT2D eigenvalue weighted by Gasteiger charge is -2.08. The van der Waals surface area contributed by atoms with Gasteiger partial charge >= 0.3 is 5.65 Å². The number of hydrogen-bond donors (Lipinski definition) is 1. The number of aromatic nitrogens is 4. The molecule has 1 aliphatic heterocycles. The van der Waals surface area contributed by atoms with Crippen LogP contribution in [0.15, 0.2) is 11.1 Å². The minimum Gasteiger partial charge on any atom is -0.274 e. The third-order valence-electron chi connectivity index (χ3n) is 4.01. The second-order valence-electron chi connectivity index (χ2n) is 5.55. The predicted octanol–water partition coefficient (Wildman–Crippen LogP) is 3.16. The van der Waals surface area contributed by atoms with Crippen LogP contribution in [0.2, 0.25) is 20.1 Å². The zero-order valence-electron chi connectivity index (χ0n) is 13.0. The van der Waals surface area contributed by atoms with Crippen molar-refractivity contribution in [3.05, 3.63) is 47.9 Å². The molecule has 4 rings (SSSR count). The standard InChI is InChI=1S/C14H4Cl4IN5O3/c1-22-2-23(19)10-9(22)11(25)21-14(20-10)24-12(26)3-4(13(24)27)6(16)8(18)7(17)5(3)15/h2H,1H3/p+1. The summed E-state index contributed by atoms with van der Waals surface area (Å²) in [5.74, 6) is -1.91. The second kappa shape index (κ2) is 6.31. The molecule has 138 valence electrons. The highest BCUT2D eigenvalue weighted by molar-refractivity contribution is 14.1. The van der Waals surface area contributed by atoms with Crippen molar-refractivity contribution in [2.45, 2.75) is 0 Å². The number of hydrogen-bond acceptors (Lipinski definition) is 4. The third-order valence-corrected chi connectivity index (χ3v) is 6.51. The number of imidazole rings is 1. The molecular weight excluding hydrogens is 555 g/mol. The molecule has 0 spiro atoms. The topological polar surface area (TPSA) is 91.9 Å². The number of rotatable bonds is 1. The van der Waals surface area contributed by atoms with Crippen LogP contribution in [0, 0.1) is 0 Å². The van der Waals surface area contributed by atoms with Crippen molar-refractivity contribution in [3.63, 3.8) is 0 Å². The average molecular weight is 560 g/mol. The first-order valence-corrected chi connectivity index (χ1v) is 9.54. The highest BCUT2D eigenvalue weighted by atomic mass is 127. The molecule has 0 unspecified atom stereocenters. The number of fused-ring (bicyclic) bond motifs is 2. The molecule has 1 aliphatic rings. The van der Waals surface area contributed by atoms with Crippen molar-refractivity contribution in [1.82, 2.24) is 14.5 Å². The number of aromatic amines is 1. The predicted molar refractivity (Wildman–Crippen MR) is 109 cm³/mol. The van der Waals surface area contributed by atoms with Gasteiger partial charge in [0.15, 0.2) is 29.2 Å². The van der Waals surface area contributed by atoms with E-state index in [4.69, 9.17) is 46.4 Å². The smallest absolute Gasteiger partial charge is 0.274 e. The number of nitrogens with one attached hydrogen (secondary N) is 1. The molecule has 0 aliphatic carbocycles. The molecular formula is C14H5Cl4IN5O3+. The van der Waals surface area contributed by atoms with Gasteiger partial charge in [-0.1, -0.05) is 51.4 Å². The zero-order valence-corrected chi connectivity index (χ0v) is 18.2. The lowest BCUT2D eigenvalue weighted by Crippen LogP contribution is -2.33. The van der Waals surface area contributed by atoms with Crippen LogP contribution in [0.3, 0.4) is 0 Å². The zero-order chi connectivity index (χ0) is 19.8. The Labute approximate surface area is 184 Å². The van der Waals surface area contributed by atoms with Crippen molar-refractivity contribution in [1.29, 1.82) is 0 Å². The molecule has 27 heavy (non-hydrogen) atoms. The van der Waals surface area contributed by atoms with E-state index in [-0.39, 0.29) is 48.3 Å². The van der Waals surface area contributed by atoms with Crippen LogP contribution in [-0.4, -0.2) is 26.3 Å². The van der Waals surface area contributed by atoms with E-state index in [0.29, 0.717) is 4.90 Å². The van der Waals surface area contributed by atoms with E-state index in [1.54, 1.807) is 20.7 Å². The monoisotopic (exact) mass is 558 g/mol. The van der Waals surface area contributed by atoms with Crippen molar-refractivity contribution < 1.29 is 12.4 Å². The van der Waals surface area contributed by atoms with E-state index >= 15 is 0 Å². The molecule has 3 heterocycles. The van der Waals surface area contributed by atoms with E-state index in [1.165, 1.54) is 0 Å². The van der Waals surface area contributed by atoms with Crippen LogP contribution < -0.4 is 13.2 Å². The van der Waals surface area contributed by atoms with E-state index in [0.717, 1.165) is 0 Å². The fourth-order valence-corrected chi connectivity index (χ4v) is 4.55. The van der Waals surface area contributed by atoms with Crippen molar-refractivity contribution in [2.75, 3.05) is 4.90 Å². The molecule has 2 amide bonds. The maximum atomic E-state index is 12.9. The van der Waals surface area contributed by atoms with Crippen molar-refractivity contribution >= 4 is 98.2 Å². The maximum Gasteiger partial charge on any atom is 0.320 e. The van der Waals surface area contributed by atoms with Gasteiger partial charge in [-0.25, -0.2) is 0 Å². The summed E-state index contributed by atoms with van der Waals surface area (Å²) >= 11 is 26.1. The molecule has 13 heteroatoms. The summed E-state index contributed by atoms with van der Waals surface area (Å²) in [6, 6.07) is 0. The number of halogens is 5.